The van der Waals surface area contributed by atoms with Crippen molar-refractivity contribution in [3.05, 3.63) is 12.2 Å². The molecule has 116 valence electrons. The summed E-state index contributed by atoms with van der Waals surface area (Å²) in [7, 11) is 0. The van der Waals surface area contributed by atoms with Crippen molar-refractivity contribution in [1.82, 2.24) is 0 Å². The third-order valence-corrected chi connectivity index (χ3v) is 5.54. The van der Waals surface area contributed by atoms with E-state index in [4.69, 9.17) is 4.74 Å². The Morgan fingerprint density at radius 3 is 2.05 bits per heavy atom. The highest BCUT2D eigenvalue weighted by molar-refractivity contribution is 4.90. The van der Waals surface area contributed by atoms with E-state index in [0.717, 1.165) is 43.3 Å². The summed E-state index contributed by atoms with van der Waals surface area (Å²) >= 11 is 0. The molecule has 2 aliphatic rings. The number of ether oxygens (including phenoxy) is 1. The first-order chi connectivity index (χ1) is 9.83. The van der Waals surface area contributed by atoms with Crippen LogP contribution in [0.15, 0.2) is 12.2 Å². The average molecular weight is 278 g/mol. The number of hydrogen-bond acceptors (Lipinski definition) is 1. The fourth-order valence-electron chi connectivity index (χ4n) is 4.30. The summed E-state index contributed by atoms with van der Waals surface area (Å²) in [6.45, 7) is 6.33. The topological polar surface area (TPSA) is 9.23 Å². The van der Waals surface area contributed by atoms with Crippen LogP contribution in [0.25, 0.3) is 0 Å². The molecule has 0 heterocycles. The number of hydrogen-bond donors (Lipinski definition) is 0. The van der Waals surface area contributed by atoms with Crippen LogP contribution in [-0.2, 0) is 4.74 Å². The standard InChI is InChI=1S/C19H34O/c1-3-5-16-6-10-18(11-7-16)19-12-8-17(9-13-19)15-20-14-4-2/h3,5,16-19H,4,6-15H2,1-2H3/t16-,17-,18-,19-. The van der Waals surface area contributed by atoms with E-state index in [1.807, 2.05) is 0 Å². The molecule has 1 heteroatoms. The van der Waals surface area contributed by atoms with Crippen LogP contribution in [0.5, 0.6) is 0 Å². The average Bonchev–Trinajstić information content (AvgIpc) is 2.49. The molecule has 0 N–H and O–H groups in total. The lowest BCUT2D eigenvalue weighted by Gasteiger charge is -2.37. The lowest BCUT2D eigenvalue weighted by Crippen LogP contribution is -2.26. The molecule has 2 rings (SSSR count). The highest BCUT2D eigenvalue weighted by Gasteiger charge is 2.30. The first-order valence-corrected chi connectivity index (χ1v) is 9.04. The zero-order chi connectivity index (χ0) is 14.2. The van der Waals surface area contributed by atoms with Crippen LogP contribution in [0.1, 0.15) is 71.6 Å². The summed E-state index contributed by atoms with van der Waals surface area (Å²) in [5.74, 6) is 3.81. The zero-order valence-corrected chi connectivity index (χ0v) is 13.7. The van der Waals surface area contributed by atoms with Crippen LogP contribution in [0.3, 0.4) is 0 Å². The van der Waals surface area contributed by atoms with Gasteiger partial charge in [-0.2, -0.15) is 0 Å². The number of rotatable bonds is 6. The van der Waals surface area contributed by atoms with Gasteiger partial charge in [0, 0.05) is 13.2 Å². The van der Waals surface area contributed by atoms with Crippen molar-refractivity contribution in [2.45, 2.75) is 71.6 Å². The van der Waals surface area contributed by atoms with Crippen LogP contribution in [-0.4, -0.2) is 13.2 Å². The van der Waals surface area contributed by atoms with E-state index in [-0.39, 0.29) is 0 Å². The Hall–Kier alpha value is -0.300. The molecule has 1 nitrogen and oxygen atoms in total. The van der Waals surface area contributed by atoms with E-state index in [1.165, 1.54) is 51.4 Å². The third-order valence-electron chi connectivity index (χ3n) is 5.54. The van der Waals surface area contributed by atoms with Gasteiger partial charge in [-0.05, 0) is 88.4 Å². The molecule has 0 radical (unpaired) electrons. The molecule has 0 aromatic heterocycles. The summed E-state index contributed by atoms with van der Waals surface area (Å²) in [4.78, 5) is 0. The first kappa shape index (κ1) is 16.1. The second-order valence-electron chi connectivity index (χ2n) is 7.06. The van der Waals surface area contributed by atoms with E-state index in [2.05, 4.69) is 26.0 Å². The Morgan fingerprint density at radius 2 is 1.50 bits per heavy atom. The smallest absolute Gasteiger partial charge is 0.0494 e. The Labute approximate surface area is 126 Å². The Kier molecular flexibility index (Phi) is 7.13. The molecule has 0 aromatic carbocycles. The minimum absolute atomic E-state index is 0.858. The molecule has 2 saturated carbocycles. The number of allylic oxidation sites excluding steroid dienone is 2. The molecule has 0 unspecified atom stereocenters. The van der Waals surface area contributed by atoms with Gasteiger partial charge in [-0.1, -0.05) is 19.1 Å². The van der Waals surface area contributed by atoms with Crippen molar-refractivity contribution in [2.75, 3.05) is 13.2 Å². The van der Waals surface area contributed by atoms with Crippen molar-refractivity contribution in [3.63, 3.8) is 0 Å². The zero-order valence-electron chi connectivity index (χ0n) is 13.7. The van der Waals surface area contributed by atoms with Crippen LogP contribution in [0.4, 0.5) is 0 Å². The molecular weight excluding hydrogens is 244 g/mol. The minimum atomic E-state index is 0.858. The third kappa shape index (κ3) is 4.91. The molecule has 0 saturated heterocycles. The highest BCUT2D eigenvalue weighted by Crippen LogP contribution is 2.41. The predicted octanol–water partition coefficient (Wildman–Crippen LogP) is 5.60. The Balaban J connectivity index is 1.64. The van der Waals surface area contributed by atoms with Crippen LogP contribution < -0.4 is 0 Å². The van der Waals surface area contributed by atoms with Crippen molar-refractivity contribution < 1.29 is 4.74 Å². The van der Waals surface area contributed by atoms with Crippen molar-refractivity contribution in [1.29, 1.82) is 0 Å². The van der Waals surface area contributed by atoms with Crippen molar-refractivity contribution in [2.24, 2.45) is 23.7 Å². The van der Waals surface area contributed by atoms with Gasteiger partial charge in [-0.15, -0.1) is 0 Å². The molecule has 20 heavy (non-hydrogen) atoms. The maximum atomic E-state index is 5.74. The Bertz CT molecular complexity index is 267. The maximum Gasteiger partial charge on any atom is 0.0494 e. The van der Waals surface area contributed by atoms with Gasteiger partial charge in [0.1, 0.15) is 0 Å². The van der Waals surface area contributed by atoms with E-state index >= 15 is 0 Å². The summed E-state index contributed by atoms with van der Waals surface area (Å²) < 4.78 is 5.74. The van der Waals surface area contributed by atoms with Crippen LogP contribution in [0.2, 0.25) is 0 Å². The lowest BCUT2D eigenvalue weighted by atomic mass is 9.69. The van der Waals surface area contributed by atoms with Gasteiger partial charge in [0.25, 0.3) is 0 Å². The molecule has 2 aliphatic carbocycles. The SMILES string of the molecule is CC=C[C@H]1CC[C@H]([C@H]2CC[C@H](COCCC)CC2)CC1. The lowest BCUT2D eigenvalue weighted by molar-refractivity contribution is 0.0662. The largest absolute Gasteiger partial charge is 0.381 e. The van der Waals surface area contributed by atoms with Gasteiger partial charge in [0.15, 0.2) is 0 Å². The van der Waals surface area contributed by atoms with Gasteiger partial charge in [0.2, 0.25) is 0 Å². The Morgan fingerprint density at radius 1 is 0.900 bits per heavy atom. The fraction of sp³-hybridized carbons (Fsp3) is 0.895. The molecule has 0 spiro atoms. The highest BCUT2D eigenvalue weighted by atomic mass is 16.5. The quantitative estimate of drug-likeness (QED) is 0.454. The molecule has 2 fully saturated rings. The van der Waals surface area contributed by atoms with Gasteiger partial charge in [0.05, 0.1) is 0 Å². The second-order valence-corrected chi connectivity index (χ2v) is 7.06. The van der Waals surface area contributed by atoms with E-state index in [9.17, 15) is 0 Å². The van der Waals surface area contributed by atoms with Crippen molar-refractivity contribution in [3.8, 4) is 0 Å². The second kappa shape index (κ2) is 8.87. The first-order valence-electron chi connectivity index (χ1n) is 9.04. The van der Waals surface area contributed by atoms with Gasteiger partial charge >= 0.3 is 0 Å². The normalized spacial score (nSPS) is 35.5. The molecule has 0 atom stereocenters. The minimum Gasteiger partial charge on any atom is -0.381 e. The van der Waals surface area contributed by atoms with Crippen LogP contribution >= 0.6 is 0 Å². The monoisotopic (exact) mass is 278 g/mol. The van der Waals surface area contributed by atoms with Gasteiger partial charge in [-0.25, -0.2) is 0 Å². The summed E-state index contributed by atoms with van der Waals surface area (Å²) in [5, 5.41) is 0. The summed E-state index contributed by atoms with van der Waals surface area (Å²) in [6, 6.07) is 0. The molecule has 0 aliphatic heterocycles. The molecular formula is C19H34O. The molecule has 0 amide bonds. The van der Waals surface area contributed by atoms with E-state index < -0.39 is 0 Å². The molecule has 0 aromatic rings. The van der Waals surface area contributed by atoms with Gasteiger partial charge < -0.3 is 4.74 Å². The van der Waals surface area contributed by atoms with Gasteiger partial charge in [-0.3, -0.25) is 0 Å². The van der Waals surface area contributed by atoms with E-state index in [1.54, 1.807) is 0 Å². The predicted molar refractivity (Wildman–Crippen MR) is 86.8 cm³/mol. The molecule has 0 bridgehead atoms. The van der Waals surface area contributed by atoms with E-state index in [0.29, 0.717) is 0 Å². The van der Waals surface area contributed by atoms with Crippen molar-refractivity contribution >= 4 is 0 Å². The summed E-state index contributed by atoms with van der Waals surface area (Å²) in [6.07, 6.45) is 17.5. The maximum absolute atomic E-state index is 5.74. The summed E-state index contributed by atoms with van der Waals surface area (Å²) in [5.41, 5.74) is 0. The fourth-order valence-corrected chi connectivity index (χ4v) is 4.30. The van der Waals surface area contributed by atoms with Crippen LogP contribution in [0, 0.1) is 23.7 Å².